The Morgan fingerprint density at radius 3 is 2.79 bits per heavy atom. The molecule has 1 aromatic carbocycles. The fraction of sp³-hybridized carbons (Fsp3) is 0.500. The van der Waals surface area contributed by atoms with Gasteiger partial charge in [-0.05, 0) is 43.0 Å². The van der Waals surface area contributed by atoms with Gasteiger partial charge in [0.1, 0.15) is 0 Å². The number of amides is 1. The third-order valence-corrected chi connectivity index (χ3v) is 3.58. The SMILES string of the molecule is CNC(=O)c1ccc(N)c(NCCCCCSC)c1. The van der Waals surface area contributed by atoms with Gasteiger partial charge in [0.15, 0.2) is 0 Å². The van der Waals surface area contributed by atoms with Crippen LogP contribution in [-0.2, 0) is 0 Å². The zero-order valence-corrected chi connectivity index (χ0v) is 12.5. The minimum Gasteiger partial charge on any atom is -0.397 e. The first kappa shape index (κ1) is 15.7. The van der Waals surface area contributed by atoms with E-state index >= 15 is 0 Å². The van der Waals surface area contributed by atoms with Crippen molar-refractivity contribution in [2.75, 3.05) is 36.7 Å². The molecule has 0 saturated heterocycles. The first-order valence-electron chi connectivity index (χ1n) is 6.53. The van der Waals surface area contributed by atoms with Gasteiger partial charge in [0, 0.05) is 19.2 Å². The van der Waals surface area contributed by atoms with Gasteiger partial charge < -0.3 is 16.4 Å². The molecular formula is C14H23N3OS. The number of nitrogen functional groups attached to an aromatic ring is 1. The summed E-state index contributed by atoms with van der Waals surface area (Å²) in [6.07, 6.45) is 5.70. The van der Waals surface area contributed by atoms with Crippen LogP contribution in [0.15, 0.2) is 18.2 Å². The first-order chi connectivity index (χ1) is 9.19. The lowest BCUT2D eigenvalue weighted by molar-refractivity contribution is 0.0963. The minimum atomic E-state index is -0.0944. The van der Waals surface area contributed by atoms with Crippen molar-refractivity contribution in [1.29, 1.82) is 0 Å². The van der Waals surface area contributed by atoms with Gasteiger partial charge in [0.05, 0.1) is 11.4 Å². The Hall–Kier alpha value is -1.36. The molecule has 5 heteroatoms. The lowest BCUT2D eigenvalue weighted by Gasteiger charge is -2.11. The fourth-order valence-electron chi connectivity index (χ4n) is 1.77. The van der Waals surface area contributed by atoms with Crippen LogP contribution in [0.25, 0.3) is 0 Å². The molecule has 0 radical (unpaired) electrons. The average Bonchev–Trinajstić information content (AvgIpc) is 2.43. The molecule has 1 amide bonds. The summed E-state index contributed by atoms with van der Waals surface area (Å²) >= 11 is 1.88. The number of unbranched alkanes of at least 4 members (excludes halogenated alkanes) is 2. The topological polar surface area (TPSA) is 67.2 Å². The van der Waals surface area contributed by atoms with Crippen molar-refractivity contribution in [2.24, 2.45) is 0 Å². The summed E-state index contributed by atoms with van der Waals surface area (Å²) < 4.78 is 0. The van der Waals surface area contributed by atoms with Gasteiger partial charge in [-0.25, -0.2) is 0 Å². The smallest absolute Gasteiger partial charge is 0.251 e. The maximum atomic E-state index is 11.5. The summed E-state index contributed by atoms with van der Waals surface area (Å²) in [7, 11) is 1.62. The van der Waals surface area contributed by atoms with E-state index in [0.29, 0.717) is 11.3 Å². The highest BCUT2D eigenvalue weighted by molar-refractivity contribution is 7.98. The van der Waals surface area contributed by atoms with Crippen molar-refractivity contribution in [3.63, 3.8) is 0 Å². The van der Waals surface area contributed by atoms with Gasteiger partial charge in [-0.3, -0.25) is 4.79 Å². The number of hydrogen-bond donors (Lipinski definition) is 3. The highest BCUT2D eigenvalue weighted by Crippen LogP contribution is 2.20. The third kappa shape index (κ3) is 5.42. The molecular weight excluding hydrogens is 258 g/mol. The Morgan fingerprint density at radius 1 is 1.32 bits per heavy atom. The van der Waals surface area contributed by atoms with Crippen LogP contribution in [0.4, 0.5) is 11.4 Å². The average molecular weight is 281 g/mol. The molecule has 0 aliphatic rings. The van der Waals surface area contributed by atoms with Crippen molar-refractivity contribution in [1.82, 2.24) is 5.32 Å². The van der Waals surface area contributed by atoms with Crippen LogP contribution in [0, 0.1) is 0 Å². The largest absolute Gasteiger partial charge is 0.397 e. The molecule has 0 unspecified atom stereocenters. The molecule has 0 aromatic heterocycles. The van der Waals surface area contributed by atoms with Gasteiger partial charge in [0.2, 0.25) is 0 Å². The lowest BCUT2D eigenvalue weighted by Crippen LogP contribution is -2.18. The van der Waals surface area contributed by atoms with Crippen LogP contribution in [0.3, 0.4) is 0 Å². The number of nitrogens with one attached hydrogen (secondary N) is 2. The van der Waals surface area contributed by atoms with Gasteiger partial charge in [-0.1, -0.05) is 6.42 Å². The van der Waals surface area contributed by atoms with E-state index in [1.807, 2.05) is 11.8 Å². The van der Waals surface area contributed by atoms with Crippen molar-refractivity contribution in [2.45, 2.75) is 19.3 Å². The summed E-state index contributed by atoms with van der Waals surface area (Å²) in [6, 6.07) is 5.30. The molecule has 1 rings (SSSR count). The summed E-state index contributed by atoms with van der Waals surface area (Å²) in [5.41, 5.74) is 8.04. The van der Waals surface area contributed by atoms with Crippen LogP contribution in [0.2, 0.25) is 0 Å². The molecule has 0 spiro atoms. The predicted molar refractivity (Wildman–Crippen MR) is 85.0 cm³/mol. The number of carbonyl (C=O) groups excluding carboxylic acids is 1. The molecule has 4 nitrogen and oxygen atoms in total. The molecule has 0 saturated carbocycles. The maximum Gasteiger partial charge on any atom is 0.251 e. The van der Waals surface area contributed by atoms with E-state index in [4.69, 9.17) is 5.73 Å². The number of hydrogen-bond acceptors (Lipinski definition) is 4. The maximum absolute atomic E-state index is 11.5. The molecule has 0 atom stereocenters. The highest BCUT2D eigenvalue weighted by Gasteiger charge is 2.06. The molecule has 106 valence electrons. The second-order valence-electron chi connectivity index (χ2n) is 4.36. The molecule has 0 bridgehead atoms. The van der Waals surface area contributed by atoms with E-state index in [1.54, 1.807) is 25.2 Å². The predicted octanol–water partition coefficient (Wildman–Crippen LogP) is 2.57. The first-order valence-corrected chi connectivity index (χ1v) is 7.93. The van der Waals surface area contributed by atoms with E-state index in [0.717, 1.165) is 18.7 Å². The van der Waals surface area contributed by atoms with Crippen LogP contribution in [0.1, 0.15) is 29.6 Å². The number of nitrogens with two attached hydrogens (primary N) is 1. The van der Waals surface area contributed by atoms with Crippen LogP contribution < -0.4 is 16.4 Å². The second kappa shape index (κ2) is 8.69. The zero-order chi connectivity index (χ0) is 14.1. The Balaban J connectivity index is 2.46. The molecule has 0 aliphatic heterocycles. The van der Waals surface area contributed by atoms with Crippen LogP contribution >= 0.6 is 11.8 Å². The highest BCUT2D eigenvalue weighted by atomic mass is 32.2. The van der Waals surface area contributed by atoms with Crippen LogP contribution in [-0.4, -0.2) is 31.5 Å². The third-order valence-electron chi connectivity index (χ3n) is 2.88. The van der Waals surface area contributed by atoms with Crippen molar-refractivity contribution >= 4 is 29.0 Å². The minimum absolute atomic E-state index is 0.0944. The molecule has 0 fully saturated rings. The summed E-state index contributed by atoms with van der Waals surface area (Å²) in [5, 5.41) is 5.91. The van der Waals surface area contributed by atoms with Crippen molar-refractivity contribution in [3.8, 4) is 0 Å². The van der Waals surface area contributed by atoms with E-state index in [-0.39, 0.29) is 5.91 Å². The van der Waals surface area contributed by atoms with Gasteiger partial charge in [-0.15, -0.1) is 0 Å². The summed E-state index contributed by atoms with van der Waals surface area (Å²) in [6.45, 7) is 0.885. The molecule has 19 heavy (non-hydrogen) atoms. The Morgan fingerprint density at radius 2 is 2.11 bits per heavy atom. The molecule has 4 N–H and O–H groups in total. The van der Waals surface area contributed by atoms with Crippen molar-refractivity contribution < 1.29 is 4.79 Å². The number of rotatable bonds is 8. The van der Waals surface area contributed by atoms with Crippen molar-refractivity contribution in [3.05, 3.63) is 23.8 Å². The van der Waals surface area contributed by atoms with E-state index < -0.39 is 0 Å². The zero-order valence-electron chi connectivity index (χ0n) is 11.7. The number of anilines is 2. The van der Waals surface area contributed by atoms with Gasteiger partial charge in [0.25, 0.3) is 5.91 Å². The number of benzene rings is 1. The number of thioether (sulfide) groups is 1. The van der Waals surface area contributed by atoms with Crippen LogP contribution in [0.5, 0.6) is 0 Å². The molecule has 1 aromatic rings. The van der Waals surface area contributed by atoms with E-state index in [9.17, 15) is 4.79 Å². The van der Waals surface area contributed by atoms with Gasteiger partial charge in [-0.2, -0.15) is 11.8 Å². The monoisotopic (exact) mass is 281 g/mol. The van der Waals surface area contributed by atoms with E-state index in [2.05, 4.69) is 16.9 Å². The normalized spacial score (nSPS) is 10.2. The Labute approximate surface area is 119 Å². The molecule has 0 aliphatic carbocycles. The lowest BCUT2D eigenvalue weighted by atomic mass is 10.1. The van der Waals surface area contributed by atoms with Gasteiger partial charge >= 0.3 is 0 Å². The fourth-order valence-corrected chi connectivity index (χ4v) is 2.26. The standard InChI is InChI=1S/C14H23N3OS/c1-16-14(18)11-6-7-12(15)13(10-11)17-8-4-3-5-9-19-2/h6-7,10,17H,3-5,8-9,15H2,1-2H3,(H,16,18). The summed E-state index contributed by atoms with van der Waals surface area (Å²) in [5.74, 6) is 1.12. The second-order valence-corrected chi connectivity index (χ2v) is 5.35. The Bertz CT molecular complexity index is 410. The number of carbonyl (C=O) groups is 1. The van der Waals surface area contributed by atoms with E-state index in [1.165, 1.54) is 18.6 Å². The molecule has 0 heterocycles. The quantitative estimate of drug-likeness (QED) is 0.506. The Kier molecular flexibility index (Phi) is 7.18. The summed E-state index contributed by atoms with van der Waals surface area (Å²) in [4.78, 5) is 11.5.